The summed E-state index contributed by atoms with van der Waals surface area (Å²) in [6, 6.07) is 13.7. The molecular formula is C23H34N4O3S. The van der Waals surface area contributed by atoms with Crippen molar-refractivity contribution < 1.29 is 13.2 Å². The maximum Gasteiger partial charge on any atom is 0.215 e. The van der Waals surface area contributed by atoms with Crippen molar-refractivity contribution in [3.63, 3.8) is 0 Å². The first-order valence-electron chi connectivity index (χ1n) is 10.6. The van der Waals surface area contributed by atoms with Crippen LogP contribution >= 0.6 is 0 Å². The van der Waals surface area contributed by atoms with E-state index in [9.17, 15) is 8.42 Å². The van der Waals surface area contributed by atoms with Crippen LogP contribution in [0, 0.1) is 6.92 Å². The minimum absolute atomic E-state index is 0.0483. The van der Waals surface area contributed by atoms with E-state index in [1.165, 1.54) is 7.05 Å². The fourth-order valence-electron chi connectivity index (χ4n) is 2.95. The summed E-state index contributed by atoms with van der Waals surface area (Å²) in [5.41, 5.74) is 3.92. The van der Waals surface area contributed by atoms with E-state index in [0.717, 1.165) is 41.0 Å². The summed E-state index contributed by atoms with van der Waals surface area (Å²) in [7, 11) is -1.88. The molecule has 2 rings (SSSR count). The zero-order valence-electron chi connectivity index (χ0n) is 18.9. The molecule has 0 aromatic heterocycles. The number of hydrogen-bond donors (Lipinski definition) is 3. The summed E-state index contributed by atoms with van der Waals surface area (Å²) < 4.78 is 31.8. The molecule has 0 saturated carbocycles. The second-order valence-electron chi connectivity index (χ2n) is 7.29. The third-order valence-corrected chi connectivity index (χ3v) is 5.89. The Morgan fingerprint density at radius 3 is 2.55 bits per heavy atom. The molecule has 0 aliphatic heterocycles. The fraction of sp³-hybridized carbons (Fsp3) is 0.435. The van der Waals surface area contributed by atoms with Gasteiger partial charge in [0.1, 0.15) is 5.75 Å². The van der Waals surface area contributed by atoms with E-state index >= 15 is 0 Å². The van der Waals surface area contributed by atoms with Crippen LogP contribution in [-0.2, 0) is 28.9 Å². The number of aliphatic imine (C=N–C) groups is 1. The summed E-state index contributed by atoms with van der Waals surface area (Å²) >= 11 is 0. The van der Waals surface area contributed by atoms with Crippen molar-refractivity contribution in [2.24, 2.45) is 4.99 Å². The van der Waals surface area contributed by atoms with Crippen molar-refractivity contribution in [3.05, 3.63) is 64.7 Å². The van der Waals surface area contributed by atoms with Gasteiger partial charge in [-0.25, -0.2) is 18.1 Å². The maximum atomic E-state index is 11.8. The molecule has 31 heavy (non-hydrogen) atoms. The Kier molecular flexibility index (Phi) is 9.81. The molecule has 0 bridgehead atoms. The Morgan fingerprint density at radius 1 is 1.06 bits per heavy atom. The zero-order valence-corrected chi connectivity index (χ0v) is 19.7. The molecule has 0 aliphatic carbocycles. The van der Waals surface area contributed by atoms with Gasteiger partial charge in [0, 0.05) is 18.7 Å². The topological polar surface area (TPSA) is 91.8 Å². The first kappa shape index (κ1) is 24.7. The summed E-state index contributed by atoms with van der Waals surface area (Å²) in [4.78, 5) is 4.65. The number of ether oxygens (including phenoxy) is 1. The van der Waals surface area contributed by atoms with Gasteiger partial charge in [0.2, 0.25) is 10.0 Å². The minimum atomic E-state index is -3.30. The van der Waals surface area contributed by atoms with Crippen LogP contribution in [0.25, 0.3) is 0 Å². The number of aryl methyl sites for hydroxylation is 1. The highest BCUT2D eigenvalue weighted by molar-refractivity contribution is 7.88. The van der Waals surface area contributed by atoms with Gasteiger partial charge in [0.05, 0.1) is 18.9 Å². The van der Waals surface area contributed by atoms with Crippen molar-refractivity contribution in [3.8, 4) is 5.75 Å². The van der Waals surface area contributed by atoms with Crippen LogP contribution in [-0.4, -0.2) is 34.6 Å². The van der Waals surface area contributed by atoms with Crippen LogP contribution < -0.4 is 20.1 Å². The van der Waals surface area contributed by atoms with Gasteiger partial charge in [-0.05, 0) is 50.1 Å². The van der Waals surface area contributed by atoms with E-state index in [-0.39, 0.29) is 5.75 Å². The molecule has 170 valence electrons. The number of benzene rings is 2. The molecule has 0 heterocycles. The average molecular weight is 447 g/mol. The first-order valence-corrected chi connectivity index (χ1v) is 12.3. The van der Waals surface area contributed by atoms with Crippen LogP contribution in [0.4, 0.5) is 0 Å². The lowest BCUT2D eigenvalue weighted by molar-refractivity contribution is 0.313. The SMILES string of the molecule is CCCOc1cc(C)ccc1CNC(=NCc1cccc(CS(=O)(=O)NC)c1)NCC. The Labute approximate surface area is 186 Å². The third kappa shape index (κ3) is 8.59. The second-order valence-corrected chi connectivity index (χ2v) is 9.22. The molecular weight excluding hydrogens is 412 g/mol. The van der Waals surface area contributed by atoms with Crippen LogP contribution in [0.15, 0.2) is 47.5 Å². The van der Waals surface area contributed by atoms with Crippen LogP contribution in [0.3, 0.4) is 0 Å². The monoisotopic (exact) mass is 446 g/mol. The lowest BCUT2D eigenvalue weighted by atomic mass is 10.1. The highest BCUT2D eigenvalue weighted by Gasteiger charge is 2.09. The Hall–Kier alpha value is -2.58. The third-order valence-electron chi connectivity index (χ3n) is 4.55. The molecule has 2 aromatic rings. The van der Waals surface area contributed by atoms with Crippen LogP contribution in [0.5, 0.6) is 5.75 Å². The van der Waals surface area contributed by atoms with Crippen molar-refractivity contribution in [2.45, 2.75) is 46.0 Å². The molecule has 0 spiro atoms. The first-order chi connectivity index (χ1) is 14.9. The van der Waals surface area contributed by atoms with Crippen LogP contribution in [0.2, 0.25) is 0 Å². The molecule has 3 N–H and O–H groups in total. The molecule has 0 unspecified atom stereocenters. The summed E-state index contributed by atoms with van der Waals surface area (Å²) in [6.45, 7) is 8.61. The molecule has 0 aliphatic rings. The minimum Gasteiger partial charge on any atom is -0.493 e. The largest absolute Gasteiger partial charge is 0.493 e. The molecule has 0 atom stereocenters. The Bertz CT molecular complexity index is 975. The lowest BCUT2D eigenvalue weighted by Gasteiger charge is -2.15. The lowest BCUT2D eigenvalue weighted by Crippen LogP contribution is -2.36. The summed E-state index contributed by atoms with van der Waals surface area (Å²) in [5, 5.41) is 6.61. The van der Waals surface area contributed by atoms with Gasteiger partial charge in [-0.2, -0.15) is 0 Å². The van der Waals surface area contributed by atoms with Gasteiger partial charge in [0.15, 0.2) is 5.96 Å². The molecule has 2 aromatic carbocycles. The van der Waals surface area contributed by atoms with Gasteiger partial charge in [-0.3, -0.25) is 0 Å². The highest BCUT2D eigenvalue weighted by atomic mass is 32.2. The number of nitrogens with zero attached hydrogens (tertiary/aromatic N) is 1. The van der Waals surface area contributed by atoms with E-state index in [2.05, 4.69) is 52.4 Å². The van der Waals surface area contributed by atoms with E-state index < -0.39 is 10.0 Å². The molecule has 7 nitrogen and oxygen atoms in total. The van der Waals surface area contributed by atoms with Gasteiger partial charge in [-0.15, -0.1) is 0 Å². The number of guanidine groups is 1. The van der Waals surface area contributed by atoms with Crippen molar-refractivity contribution in [2.75, 3.05) is 20.2 Å². The second kappa shape index (κ2) is 12.3. The quantitative estimate of drug-likeness (QED) is 0.364. The number of hydrogen-bond acceptors (Lipinski definition) is 4. The van der Waals surface area contributed by atoms with Gasteiger partial charge in [0.25, 0.3) is 0 Å². The van der Waals surface area contributed by atoms with E-state index in [1.807, 2.05) is 25.1 Å². The number of sulfonamides is 1. The van der Waals surface area contributed by atoms with Crippen LogP contribution in [0.1, 0.15) is 42.5 Å². The Balaban J connectivity index is 2.08. The number of rotatable bonds is 11. The van der Waals surface area contributed by atoms with Crippen molar-refractivity contribution >= 4 is 16.0 Å². The standard InChI is InChI=1S/C23H34N4O3S/c1-5-12-30-22-13-18(3)10-11-21(22)16-27-23(25-6-2)26-15-19-8-7-9-20(14-19)17-31(28,29)24-4/h7-11,13-14,24H,5-6,12,15-17H2,1-4H3,(H2,25,26,27). The van der Waals surface area contributed by atoms with Gasteiger partial charge in [-0.1, -0.05) is 43.3 Å². The summed E-state index contributed by atoms with van der Waals surface area (Å²) in [6.07, 6.45) is 0.958. The molecule has 0 amide bonds. The highest BCUT2D eigenvalue weighted by Crippen LogP contribution is 2.20. The maximum absolute atomic E-state index is 11.8. The fourth-order valence-corrected chi connectivity index (χ4v) is 3.72. The zero-order chi connectivity index (χ0) is 22.7. The summed E-state index contributed by atoms with van der Waals surface area (Å²) in [5.74, 6) is 1.54. The van der Waals surface area contributed by atoms with E-state index in [1.54, 1.807) is 6.07 Å². The molecule has 0 radical (unpaired) electrons. The van der Waals surface area contributed by atoms with E-state index in [0.29, 0.717) is 25.7 Å². The predicted molar refractivity (Wildman–Crippen MR) is 127 cm³/mol. The average Bonchev–Trinajstić information content (AvgIpc) is 2.75. The number of nitrogens with one attached hydrogen (secondary N) is 3. The van der Waals surface area contributed by atoms with Gasteiger partial charge >= 0.3 is 0 Å². The van der Waals surface area contributed by atoms with E-state index in [4.69, 9.17) is 4.74 Å². The molecule has 0 saturated heterocycles. The Morgan fingerprint density at radius 2 is 1.84 bits per heavy atom. The smallest absolute Gasteiger partial charge is 0.215 e. The van der Waals surface area contributed by atoms with Crippen molar-refractivity contribution in [1.29, 1.82) is 0 Å². The molecule has 8 heteroatoms. The van der Waals surface area contributed by atoms with Crippen molar-refractivity contribution in [1.82, 2.24) is 15.4 Å². The normalized spacial score (nSPS) is 11.9. The predicted octanol–water partition coefficient (Wildman–Crippen LogP) is 3.09. The van der Waals surface area contributed by atoms with Gasteiger partial charge < -0.3 is 15.4 Å². The molecule has 0 fully saturated rings.